The van der Waals surface area contributed by atoms with Gasteiger partial charge in [-0.15, -0.1) is 0 Å². The van der Waals surface area contributed by atoms with Crippen molar-refractivity contribution in [2.45, 2.75) is 12.5 Å². The summed E-state index contributed by atoms with van der Waals surface area (Å²) in [4.78, 5) is 4.08. The molecule has 0 bridgehead atoms. The fraction of sp³-hybridized carbons (Fsp3) is 0.200. The van der Waals surface area contributed by atoms with E-state index in [4.69, 9.17) is 0 Å². The molecule has 0 amide bonds. The number of benzene rings is 1. The average Bonchev–Trinajstić information content (AvgIpc) is 2.76. The van der Waals surface area contributed by atoms with E-state index in [1.807, 2.05) is 42.1 Å². The quantitative estimate of drug-likeness (QED) is 0.802. The zero-order chi connectivity index (χ0) is 14.1. The molecule has 1 N–H and O–H groups in total. The molecule has 2 aromatic heterocycles. The number of halogens is 1. The molecular weight excluding hydrogens is 318 g/mol. The van der Waals surface area contributed by atoms with Crippen LogP contribution in [-0.2, 0) is 13.5 Å². The summed E-state index contributed by atoms with van der Waals surface area (Å²) in [6.45, 7) is 0. The van der Waals surface area contributed by atoms with Gasteiger partial charge in [-0.2, -0.15) is 5.10 Å². The van der Waals surface area contributed by atoms with Crippen LogP contribution in [-0.4, -0.2) is 19.9 Å². The van der Waals surface area contributed by atoms with Gasteiger partial charge in [0.25, 0.3) is 0 Å². The molecule has 3 aromatic rings. The molecule has 0 radical (unpaired) electrons. The lowest BCUT2D eigenvalue weighted by molar-refractivity contribution is 0.177. The molecule has 3 rings (SSSR count). The molecule has 0 fully saturated rings. The van der Waals surface area contributed by atoms with Crippen LogP contribution in [0.15, 0.2) is 47.2 Å². The van der Waals surface area contributed by atoms with E-state index in [0.29, 0.717) is 6.42 Å². The fourth-order valence-electron chi connectivity index (χ4n) is 2.35. The first-order valence-electron chi connectivity index (χ1n) is 6.34. The van der Waals surface area contributed by atoms with Crippen molar-refractivity contribution >= 4 is 26.8 Å². The Morgan fingerprint density at radius 3 is 2.90 bits per heavy atom. The van der Waals surface area contributed by atoms with Crippen LogP contribution in [0.1, 0.15) is 17.4 Å². The first-order chi connectivity index (χ1) is 9.65. The van der Waals surface area contributed by atoms with Crippen LogP contribution in [0.3, 0.4) is 0 Å². The number of para-hydroxylation sites is 1. The summed E-state index contributed by atoms with van der Waals surface area (Å²) in [7, 11) is 1.92. The fourth-order valence-corrected chi connectivity index (χ4v) is 2.73. The smallest absolute Gasteiger partial charge is 0.0861 e. The van der Waals surface area contributed by atoms with E-state index in [-0.39, 0.29) is 0 Å². The molecule has 0 saturated carbocycles. The van der Waals surface area contributed by atoms with Crippen molar-refractivity contribution in [2.75, 3.05) is 0 Å². The van der Waals surface area contributed by atoms with E-state index < -0.39 is 6.10 Å². The van der Waals surface area contributed by atoms with E-state index in [9.17, 15) is 5.11 Å². The SMILES string of the molecule is Cn1nc(CC(O)c2cncc(Br)c2)c2ccccc21. The largest absolute Gasteiger partial charge is 0.388 e. The number of fused-ring (bicyclic) bond motifs is 1. The van der Waals surface area contributed by atoms with Crippen LogP contribution in [0, 0.1) is 0 Å². The normalized spacial score (nSPS) is 12.8. The van der Waals surface area contributed by atoms with Gasteiger partial charge >= 0.3 is 0 Å². The zero-order valence-electron chi connectivity index (χ0n) is 11.0. The number of pyridine rings is 1. The third-order valence-electron chi connectivity index (χ3n) is 3.33. The van der Waals surface area contributed by atoms with Gasteiger partial charge in [-0.05, 0) is 28.1 Å². The second-order valence-corrected chi connectivity index (χ2v) is 5.66. The third-order valence-corrected chi connectivity index (χ3v) is 3.77. The second kappa shape index (κ2) is 5.34. The minimum Gasteiger partial charge on any atom is -0.388 e. The molecule has 20 heavy (non-hydrogen) atoms. The molecule has 0 aliphatic rings. The summed E-state index contributed by atoms with van der Waals surface area (Å²) in [6.07, 6.45) is 3.24. The maximum atomic E-state index is 10.4. The molecule has 1 atom stereocenters. The molecule has 5 heteroatoms. The Morgan fingerprint density at radius 1 is 1.30 bits per heavy atom. The van der Waals surface area contributed by atoms with Gasteiger partial charge in [0.1, 0.15) is 0 Å². The highest BCUT2D eigenvalue weighted by Gasteiger charge is 2.15. The summed E-state index contributed by atoms with van der Waals surface area (Å²) < 4.78 is 2.70. The monoisotopic (exact) mass is 331 g/mol. The summed E-state index contributed by atoms with van der Waals surface area (Å²) in [6, 6.07) is 9.91. The van der Waals surface area contributed by atoms with E-state index in [0.717, 1.165) is 26.6 Å². The summed E-state index contributed by atoms with van der Waals surface area (Å²) in [5, 5.41) is 15.9. The number of rotatable bonds is 3. The molecule has 0 aliphatic carbocycles. The number of nitrogens with zero attached hydrogens (tertiary/aromatic N) is 3. The van der Waals surface area contributed by atoms with Gasteiger partial charge in [0.05, 0.1) is 17.3 Å². The van der Waals surface area contributed by atoms with Crippen LogP contribution in [0.2, 0.25) is 0 Å². The van der Waals surface area contributed by atoms with Gasteiger partial charge in [0.15, 0.2) is 0 Å². The first-order valence-corrected chi connectivity index (χ1v) is 7.13. The number of hydrogen-bond donors (Lipinski definition) is 1. The Bertz CT molecular complexity index is 754. The highest BCUT2D eigenvalue weighted by Crippen LogP contribution is 2.24. The second-order valence-electron chi connectivity index (χ2n) is 4.74. The lowest BCUT2D eigenvalue weighted by atomic mass is 10.0. The Balaban J connectivity index is 1.93. The number of hydrogen-bond acceptors (Lipinski definition) is 3. The molecule has 102 valence electrons. The van der Waals surface area contributed by atoms with E-state index in [2.05, 4.69) is 26.0 Å². The van der Waals surface area contributed by atoms with Gasteiger partial charge in [-0.3, -0.25) is 9.67 Å². The van der Waals surface area contributed by atoms with Crippen molar-refractivity contribution in [1.29, 1.82) is 0 Å². The predicted octanol–water partition coefficient (Wildman–Crippen LogP) is 3.01. The number of aromatic nitrogens is 3. The van der Waals surface area contributed by atoms with Crippen molar-refractivity contribution in [1.82, 2.24) is 14.8 Å². The van der Waals surface area contributed by atoms with Crippen molar-refractivity contribution in [3.05, 3.63) is 58.5 Å². The van der Waals surface area contributed by atoms with Crippen molar-refractivity contribution in [3.8, 4) is 0 Å². The first kappa shape index (κ1) is 13.3. The summed E-state index contributed by atoms with van der Waals surface area (Å²) in [5.41, 5.74) is 2.76. The van der Waals surface area contributed by atoms with Gasteiger partial charge in [0, 0.05) is 41.3 Å². The third kappa shape index (κ3) is 2.46. The summed E-state index contributed by atoms with van der Waals surface area (Å²) in [5.74, 6) is 0. The van der Waals surface area contributed by atoms with Crippen LogP contribution >= 0.6 is 15.9 Å². The van der Waals surface area contributed by atoms with Crippen LogP contribution in [0.25, 0.3) is 10.9 Å². The van der Waals surface area contributed by atoms with Gasteiger partial charge < -0.3 is 5.11 Å². The number of aliphatic hydroxyl groups excluding tert-OH is 1. The molecule has 0 saturated heterocycles. The average molecular weight is 332 g/mol. The molecule has 0 aliphatic heterocycles. The molecule has 4 nitrogen and oxygen atoms in total. The lowest BCUT2D eigenvalue weighted by Crippen LogP contribution is -2.03. The van der Waals surface area contributed by atoms with E-state index in [1.165, 1.54) is 0 Å². The van der Waals surface area contributed by atoms with E-state index >= 15 is 0 Å². The topological polar surface area (TPSA) is 50.9 Å². The lowest BCUT2D eigenvalue weighted by Gasteiger charge is -2.09. The van der Waals surface area contributed by atoms with Gasteiger partial charge in [-0.25, -0.2) is 0 Å². The Kier molecular flexibility index (Phi) is 3.54. The Hall–Kier alpha value is -1.72. The van der Waals surface area contributed by atoms with Crippen LogP contribution < -0.4 is 0 Å². The van der Waals surface area contributed by atoms with Crippen molar-refractivity contribution < 1.29 is 5.11 Å². The molecule has 0 spiro atoms. The maximum absolute atomic E-state index is 10.4. The summed E-state index contributed by atoms with van der Waals surface area (Å²) >= 11 is 3.37. The van der Waals surface area contributed by atoms with Gasteiger partial charge in [0.2, 0.25) is 0 Å². The maximum Gasteiger partial charge on any atom is 0.0861 e. The van der Waals surface area contributed by atoms with Crippen molar-refractivity contribution in [3.63, 3.8) is 0 Å². The van der Waals surface area contributed by atoms with Crippen molar-refractivity contribution in [2.24, 2.45) is 7.05 Å². The van der Waals surface area contributed by atoms with E-state index in [1.54, 1.807) is 12.4 Å². The standard InChI is InChI=1S/C15H14BrN3O/c1-19-14-5-3-2-4-12(14)13(18-19)7-15(20)10-6-11(16)9-17-8-10/h2-6,8-9,15,20H,7H2,1H3. The highest BCUT2D eigenvalue weighted by molar-refractivity contribution is 9.10. The molecule has 1 aromatic carbocycles. The molecular formula is C15H14BrN3O. The predicted molar refractivity (Wildman–Crippen MR) is 81.3 cm³/mol. The zero-order valence-corrected chi connectivity index (χ0v) is 12.6. The Morgan fingerprint density at radius 2 is 2.10 bits per heavy atom. The minimum atomic E-state index is -0.613. The van der Waals surface area contributed by atoms with Gasteiger partial charge in [-0.1, -0.05) is 18.2 Å². The number of aliphatic hydroxyl groups is 1. The number of aryl methyl sites for hydroxylation is 1. The Labute approximate surface area is 125 Å². The highest BCUT2D eigenvalue weighted by atomic mass is 79.9. The van der Waals surface area contributed by atoms with Crippen LogP contribution in [0.5, 0.6) is 0 Å². The van der Waals surface area contributed by atoms with Crippen LogP contribution in [0.4, 0.5) is 0 Å². The molecule has 2 heterocycles. The molecule has 1 unspecified atom stereocenters. The minimum absolute atomic E-state index is 0.472.